The zero-order valence-corrected chi connectivity index (χ0v) is 17.0. The fraction of sp³-hybridized carbons (Fsp3) is 0.304. The van der Waals surface area contributed by atoms with E-state index in [1.165, 1.54) is 5.56 Å². The van der Waals surface area contributed by atoms with E-state index in [1.54, 1.807) is 6.07 Å². The monoisotopic (exact) mass is 410 g/mol. The van der Waals surface area contributed by atoms with Gasteiger partial charge < -0.3 is 14.6 Å². The predicted molar refractivity (Wildman–Crippen MR) is 112 cm³/mol. The number of hydrogen-bond donors (Lipinski definition) is 1. The molecule has 2 heterocycles. The van der Waals surface area contributed by atoms with E-state index in [4.69, 9.17) is 20.9 Å². The Hall–Kier alpha value is -2.63. The van der Waals surface area contributed by atoms with Crippen LogP contribution in [-0.2, 0) is 10.2 Å². The van der Waals surface area contributed by atoms with Crippen molar-refractivity contribution in [1.29, 1.82) is 0 Å². The molecule has 150 valence electrons. The van der Waals surface area contributed by atoms with Crippen LogP contribution in [-0.4, -0.2) is 30.8 Å². The molecule has 0 spiro atoms. The summed E-state index contributed by atoms with van der Waals surface area (Å²) in [5, 5.41) is 7.78. The number of aromatic nitrogens is 1. The number of amides is 1. The van der Waals surface area contributed by atoms with E-state index in [0.717, 1.165) is 24.0 Å². The normalized spacial score (nSPS) is 15.8. The summed E-state index contributed by atoms with van der Waals surface area (Å²) in [5.41, 5.74) is 3.70. The predicted octanol–water partition coefficient (Wildman–Crippen LogP) is 4.78. The molecule has 3 aromatic rings. The minimum Gasteiger partial charge on any atom is -0.381 e. The van der Waals surface area contributed by atoms with Gasteiger partial charge in [0.25, 0.3) is 5.91 Å². The largest absolute Gasteiger partial charge is 0.381 e. The van der Waals surface area contributed by atoms with Crippen molar-refractivity contribution in [3.8, 4) is 11.3 Å². The Kier molecular flexibility index (Phi) is 5.69. The van der Waals surface area contributed by atoms with E-state index in [9.17, 15) is 4.79 Å². The third kappa shape index (κ3) is 4.36. The molecule has 0 radical (unpaired) electrons. The van der Waals surface area contributed by atoms with Crippen LogP contribution in [0.3, 0.4) is 0 Å². The number of benzene rings is 2. The maximum atomic E-state index is 12.7. The van der Waals surface area contributed by atoms with Gasteiger partial charge in [-0.05, 0) is 37.5 Å². The lowest BCUT2D eigenvalue weighted by molar-refractivity contribution is 0.0484. The molecule has 0 atom stereocenters. The summed E-state index contributed by atoms with van der Waals surface area (Å²) in [6.07, 6.45) is 1.67. The molecule has 1 aromatic heterocycles. The van der Waals surface area contributed by atoms with Gasteiger partial charge in [0.15, 0.2) is 0 Å². The first-order valence-electron chi connectivity index (χ1n) is 9.72. The van der Waals surface area contributed by atoms with Gasteiger partial charge in [0.2, 0.25) is 5.76 Å². The van der Waals surface area contributed by atoms with E-state index < -0.39 is 0 Å². The molecule has 1 fully saturated rings. The first-order valence-corrected chi connectivity index (χ1v) is 10.1. The fourth-order valence-corrected chi connectivity index (χ4v) is 3.84. The Balaban J connectivity index is 1.48. The number of nitrogens with one attached hydrogen (secondary N) is 1. The van der Waals surface area contributed by atoms with Gasteiger partial charge in [-0.1, -0.05) is 58.7 Å². The van der Waals surface area contributed by atoms with E-state index in [1.807, 2.05) is 55.5 Å². The van der Waals surface area contributed by atoms with Gasteiger partial charge in [0.1, 0.15) is 5.69 Å². The van der Waals surface area contributed by atoms with Crippen LogP contribution < -0.4 is 5.32 Å². The van der Waals surface area contributed by atoms with Gasteiger partial charge in [-0.25, -0.2) is 0 Å². The molecule has 1 amide bonds. The highest BCUT2D eigenvalue weighted by atomic mass is 35.5. The third-order valence-corrected chi connectivity index (χ3v) is 5.83. The molecule has 0 aliphatic carbocycles. The van der Waals surface area contributed by atoms with Crippen LogP contribution in [0, 0.1) is 6.92 Å². The first-order chi connectivity index (χ1) is 14.1. The number of carbonyl (C=O) groups excluding carboxylic acids is 1. The summed E-state index contributed by atoms with van der Waals surface area (Å²) >= 11 is 6.05. The van der Waals surface area contributed by atoms with Crippen LogP contribution in [0.4, 0.5) is 0 Å². The second-order valence-corrected chi connectivity index (χ2v) is 7.96. The highest BCUT2D eigenvalue weighted by molar-refractivity contribution is 6.30. The van der Waals surface area contributed by atoms with Crippen molar-refractivity contribution in [3.63, 3.8) is 0 Å². The summed E-state index contributed by atoms with van der Waals surface area (Å²) in [5.74, 6) is -0.0606. The molecule has 1 aliphatic heterocycles. The van der Waals surface area contributed by atoms with Gasteiger partial charge >= 0.3 is 0 Å². The summed E-state index contributed by atoms with van der Waals surface area (Å²) < 4.78 is 10.9. The number of ether oxygens (including phenoxy) is 1. The van der Waals surface area contributed by atoms with E-state index in [-0.39, 0.29) is 17.1 Å². The zero-order valence-electron chi connectivity index (χ0n) is 16.3. The highest BCUT2D eigenvalue weighted by Gasteiger charge is 2.35. The molecule has 5 nitrogen and oxygen atoms in total. The number of nitrogens with zero attached hydrogens (tertiary/aromatic N) is 1. The maximum absolute atomic E-state index is 12.7. The van der Waals surface area contributed by atoms with Crippen molar-refractivity contribution < 1.29 is 14.1 Å². The second kappa shape index (κ2) is 8.39. The quantitative estimate of drug-likeness (QED) is 0.657. The standard InChI is InChI=1S/C23H23ClN2O3/c1-16-2-4-17(5-3-16)20-14-21(29-26-20)22(27)25-15-23(10-12-28-13-11-23)18-6-8-19(24)9-7-18/h2-9,14H,10-13,15H2,1H3,(H,25,27). The molecule has 4 rings (SSSR count). The maximum Gasteiger partial charge on any atom is 0.289 e. The van der Waals surface area contributed by atoms with Crippen LogP contribution in [0.15, 0.2) is 59.1 Å². The summed E-state index contributed by atoms with van der Waals surface area (Å²) in [4.78, 5) is 12.7. The summed E-state index contributed by atoms with van der Waals surface area (Å²) in [7, 11) is 0. The van der Waals surface area contributed by atoms with Gasteiger partial charge in [-0.2, -0.15) is 0 Å². The lowest BCUT2D eigenvalue weighted by Crippen LogP contribution is -2.44. The number of aryl methyl sites for hydroxylation is 1. The Morgan fingerprint density at radius 2 is 1.79 bits per heavy atom. The van der Waals surface area contributed by atoms with E-state index in [0.29, 0.717) is 30.5 Å². The van der Waals surface area contributed by atoms with Crippen molar-refractivity contribution in [1.82, 2.24) is 10.5 Å². The minimum atomic E-state index is -0.268. The molecule has 1 aliphatic rings. The smallest absolute Gasteiger partial charge is 0.289 e. The summed E-state index contributed by atoms with van der Waals surface area (Å²) in [6.45, 7) is 3.85. The average Bonchev–Trinajstić information content (AvgIpc) is 3.24. The van der Waals surface area contributed by atoms with E-state index in [2.05, 4.69) is 10.5 Å². The van der Waals surface area contributed by atoms with Crippen molar-refractivity contribution in [2.75, 3.05) is 19.8 Å². The molecule has 6 heteroatoms. The fourth-order valence-electron chi connectivity index (χ4n) is 3.71. The molecule has 2 aromatic carbocycles. The lowest BCUT2D eigenvalue weighted by atomic mass is 9.74. The minimum absolute atomic E-state index is 0.182. The molecular weight excluding hydrogens is 388 g/mol. The molecule has 0 bridgehead atoms. The SMILES string of the molecule is Cc1ccc(-c2cc(C(=O)NCC3(c4ccc(Cl)cc4)CCOCC3)on2)cc1. The van der Waals surface area contributed by atoms with Gasteiger partial charge in [0.05, 0.1) is 0 Å². The first kappa shape index (κ1) is 19.7. The van der Waals surface area contributed by atoms with Crippen LogP contribution in [0.2, 0.25) is 5.02 Å². The summed E-state index contributed by atoms with van der Waals surface area (Å²) in [6, 6.07) is 17.5. The number of rotatable bonds is 5. The molecule has 29 heavy (non-hydrogen) atoms. The van der Waals surface area contributed by atoms with Crippen molar-refractivity contribution in [2.24, 2.45) is 0 Å². The lowest BCUT2D eigenvalue weighted by Gasteiger charge is -2.37. The molecule has 0 unspecified atom stereocenters. The Bertz CT molecular complexity index is 974. The molecule has 1 N–H and O–H groups in total. The molecule has 1 saturated heterocycles. The zero-order chi connectivity index (χ0) is 20.3. The number of carbonyl (C=O) groups is 1. The van der Waals surface area contributed by atoms with Crippen molar-refractivity contribution >= 4 is 17.5 Å². The van der Waals surface area contributed by atoms with Crippen LogP contribution in [0.25, 0.3) is 11.3 Å². The van der Waals surface area contributed by atoms with E-state index >= 15 is 0 Å². The van der Waals surface area contributed by atoms with Crippen molar-refractivity contribution in [3.05, 3.63) is 76.5 Å². The Morgan fingerprint density at radius 3 is 2.48 bits per heavy atom. The van der Waals surface area contributed by atoms with Crippen LogP contribution in [0.5, 0.6) is 0 Å². The Morgan fingerprint density at radius 1 is 1.10 bits per heavy atom. The van der Waals surface area contributed by atoms with Gasteiger partial charge in [-0.15, -0.1) is 0 Å². The number of halogens is 1. The van der Waals surface area contributed by atoms with Crippen LogP contribution >= 0.6 is 11.6 Å². The van der Waals surface area contributed by atoms with Gasteiger partial charge in [0, 0.05) is 41.8 Å². The third-order valence-electron chi connectivity index (χ3n) is 5.58. The van der Waals surface area contributed by atoms with Crippen molar-refractivity contribution in [2.45, 2.75) is 25.2 Å². The molecular formula is C23H23ClN2O3. The average molecular weight is 411 g/mol. The number of hydrogen-bond acceptors (Lipinski definition) is 4. The molecule has 0 saturated carbocycles. The van der Waals surface area contributed by atoms with Gasteiger partial charge in [-0.3, -0.25) is 4.79 Å². The van der Waals surface area contributed by atoms with Crippen LogP contribution in [0.1, 0.15) is 34.5 Å². The Labute approximate surface area is 175 Å². The topological polar surface area (TPSA) is 64.4 Å². The second-order valence-electron chi connectivity index (χ2n) is 7.52. The highest BCUT2D eigenvalue weighted by Crippen LogP contribution is 2.35.